The fourth-order valence-corrected chi connectivity index (χ4v) is 3.97. The van der Waals surface area contributed by atoms with Gasteiger partial charge >= 0.3 is 0 Å². The topological polar surface area (TPSA) is 44.8 Å². The number of benzene rings is 3. The standard InChI is InChI=1S/C26H29N3O2/c1-31-25-13-7-10-21(18-25)26(30)27-19-22-8-5-6-9-23(22)20-28-14-16-29(17-15-28)24-11-3-2-4-12-24/h2-13,18H,14-17,19-20H2,1H3,(H,27,30). The minimum atomic E-state index is -0.0924. The van der Waals surface area contributed by atoms with E-state index < -0.39 is 0 Å². The predicted molar refractivity (Wildman–Crippen MR) is 125 cm³/mol. The minimum absolute atomic E-state index is 0.0924. The Hall–Kier alpha value is -3.31. The summed E-state index contributed by atoms with van der Waals surface area (Å²) >= 11 is 0. The average Bonchev–Trinajstić information content (AvgIpc) is 2.84. The highest BCUT2D eigenvalue weighted by Crippen LogP contribution is 2.18. The first-order chi connectivity index (χ1) is 15.2. The molecule has 0 bridgehead atoms. The molecule has 5 nitrogen and oxygen atoms in total. The monoisotopic (exact) mass is 415 g/mol. The summed E-state index contributed by atoms with van der Waals surface area (Å²) in [7, 11) is 1.60. The van der Waals surface area contributed by atoms with Gasteiger partial charge in [-0.15, -0.1) is 0 Å². The van der Waals surface area contributed by atoms with Gasteiger partial charge in [0.2, 0.25) is 0 Å². The molecule has 0 unspecified atom stereocenters. The van der Waals surface area contributed by atoms with Crippen LogP contribution in [0.5, 0.6) is 5.75 Å². The molecular weight excluding hydrogens is 386 g/mol. The largest absolute Gasteiger partial charge is 0.497 e. The molecule has 0 spiro atoms. The molecule has 1 saturated heterocycles. The van der Waals surface area contributed by atoms with E-state index in [-0.39, 0.29) is 5.91 Å². The molecule has 3 aromatic carbocycles. The molecule has 1 amide bonds. The summed E-state index contributed by atoms with van der Waals surface area (Å²) in [6.07, 6.45) is 0. The summed E-state index contributed by atoms with van der Waals surface area (Å²) in [6, 6.07) is 26.2. The highest BCUT2D eigenvalue weighted by atomic mass is 16.5. The summed E-state index contributed by atoms with van der Waals surface area (Å²) in [5.41, 5.74) is 4.32. The number of carbonyl (C=O) groups excluding carboxylic acids is 1. The van der Waals surface area contributed by atoms with Crippen LogP contribution in [0, 0.1) is 0 Å². The summed E-state index contributed by atoms with van der Waals surface area (Å²) in [5, 5.41) is 3.05. The molecule has 4 rings (SSSR count). The first kappa shape index (κ1) is 20.9. The van der Waals surface area contributed by atoms with Gasteiger partial charge in [0.05, 0.1) is 7.11 Å². The third-order valence-electron chi connectivity index (χ3n) is 5.78. The van der Waals surface area contributed by atoms with Gasteiger partial charge in [-0.3, -0.25) is 9.69 Å². The van der Waals surface area contributed by atoms with Gasteiger partial charge in [0, 0.05) is 50.5 Å². The van der Waals surface area contributed by atoms with E-state index in [1.54, 1.807) is 19.2 Å². The maximum Gasteiger partial charge on any atom is 0.251 e. The number of anilines is 1. The number of carbonyl (C=O) groups is 1. The van der Waals surface area contributed by atoms with Crippen LogP contribution in [-0.2, 0) is 13.1 Å². The number of methoxy groups -OCH3 is 1. The third-order valence-corrected chi connectivity index (χ3v) is 5.78. The zero-order chi connectivity index (χ0) is 21.5. The Kier molecular flexibility index (Phi) is 6.85. The van der Waals surface area contributed by atoms with Gasteiger partial charge in [-0.2, -0.15) is 0 Å². The summed E-state index contributed by atoms with van der Waals surface area (Å²) in [4.78, 5) is 17.5. The molecule has 0 aliphatic carbocycles. The summed E-state index contributed by atoms with van der Waals surface area (Å²) in [5.74, 6) is 0.591. The Morgan fingerprint density at radius 1 is 0.871 bits per heavy atom. The van der Waals surface area contributed by atoms with Crippen molar-refractivity contribution in [2.75, 3.05) is 38.2 Å². The van der Waals surface area contributed by atoms with E-state index in [1.165, 1.54) is 11.3 Å². The van der Waals surface area contributed by atoms with Gasteiger partial charge in [0.1, 0.15) is 5.75 Å². The Balaban J connectivity index is 1.34. The van der Waals surface area contributed by atoms with E-state index in [2.05, 4.69) is 63.6 Å². The van der Waals surface area contributed by atoms with Crippen molar-refractivity contribution in [3.05, 3.63) is 95.6 Å². The van der Waals surface area contributed by atoms with Gasteiger partial charge in [0.15, 0.2) is 0 Å². The number of amides is 1. The predicted octanol–water partition coefficient (Wildman–Crippen LogP) is 3.95. The van der Waals surface area contributed by atoms with Crippen LogP contribution < -0.4 is 15.0 Å². The van der Waals surface area contributed by atoms with Crippen LogP contribution in [0.3, 0.4) is 0 Å². The molecular formula is C26H29N3O2. The van der Waals surface area contributed by atoms with Crippen molar-refractivity contribution in [3.63, 3.8) is 0 Å². The normalized spacial score (nSPS) is 14.3. The average molecular weight is 416 g/mol. The van der Waals surface area contributed by atoms with Crippen LogP contribution in [0.1, 0.15) is 21.5 Å². The Morgan fingerprint density at radius 2 is 1.58 bits per heavy atom. The number of rotatable bonds is 7. The zero-order valence-electron chi connectivity index (χ0n) is 18.0. The minimum Gasteiger partial charge on any atom is -0.497 e. The molecule has 1 aliphatic heterocycles. The molecule has 1 heterocycles. The number of piperazine rings is 1. The summed E-state index contributed by atoms with van der Waals surface area (Å²) < 4.78 is 5.22. The number of hydrogen-bond donors (Lipinski definition) is 1. The van der Waals surface area contributed by atoms with Gasteiger partial charge in [-0.1, -0.05) is 48.5 Å². The fraction of sp³-hybridized carbons (Fsp3) is 0.269. The quantitative estimate of drug-likeness (QED) is 0.635. The van der Waals surface area contributed by atoms with Gasteiger partial charge in [-0.25, -0.2) is 0 Å². The zero-order valence-corrected chi connectivity index (χ0v) is 18.0. The lowest BCUT2D eigenvalue weighted by Gasteiger charge is -2.36. The Bertz CT molecular complexity index is 998. The number of nitrogens with zero attached hydrogens (tertiary/aromatic N) is 2. The van der Waals surface area contributed by atoms with E-state index in [0.29, 0.717) is 17.9 Å². The van der Waals surface area contributed by atoms with Gasteiger partial charge in [-0.05, 0) is 41.5 Å². The Morgan fingerprint density at radius 3 is 2.32 bits per heavy atom. The SMILES string of the molecule is COc1cccc(C(=O)NCc2ccccc2CN2CCN(c3ccccc3)CC2)c1. The van der Waals surface area contributed by atoms with Gasteiger partial charge < -0.3 is 15.0 Å². The lowest BCUT2D eigenvalue weighted by molar-refractivity contribution is 0.0950. The van der Waals surface area contributed by atoms with E-state index in [4.69, 9.17) is 4.74 Å². The van der Waals surface area contributed by atoms with Crippen LogP contribution in [-0.4, -0.2) is 44.1 Å². The second-order valence-electron chi connectivity index (χ2n) is 7.78. The number of ether oxygens (including phenoxy) is 1. The van der Waals surface area contributed by atoms with Crippen molar-refractivity contribution in [2.45, 2.75) is 13.1 Å². The molecule has 1 aliphatic rings. The molecule has 5 heteroatoms. The van der Waals surface area contributed by atoms with Crippen molar-refractivity contribution >= 4 is 11.6 Å². The third kappa shape index (κ3) is 5.44. The van der Waals surface area contributed by atoms with Gasteiger partial charge in [0.25, 0.3) is 5.91 Å². The second kappa shape index (κ2) is 10.1. The molecule has 0 atom stereocenters. The molecule has 0 saturated carbocycles. The van der Waals surface area contributed by atoms with Crippen molar-refractivity contribution in [2.24, 2.45) is 0 Å². The van der Waals surface area contributed by atoms with Crippen LogP contribution in [0.25, 0.3) is 0 Å². The fourth-order valence-electron chi connectivity index (χ4n) is 3.97. The lowest BCUT2D eigenvalue weighted by atomic mass is 10.1. The van der Waals surface area contributed by atoms with Crippen LogP contribution in [0.15, 0.2) is 78.9 Å². The molecule has 3 aromatic rings. The first-order valence-corrected chi connectivity index (χ1v) is 10.7. The van der Waals surface area contributed by atoms with Crippen LogP contribution in [0.4, 0.5) is 5.69 Å². The molecule has 0 radical (unpaired) electrons. The van der Waals surface area contributed by atoms with E-state index in [0.717, 1.165) is 38.3 Å². The van der Waals surface area contributed by atoms with Crippen LogP contribution >= 0.6 is 0 Å². The highest BCUT2D eigenvalue weighted by Gasteiger charge is 2.18. The molecule has 0 aromatic heterocycles. The number of hydrogen-bond acceptors (Lipinski definition) is 4. The van der Waals surface area contributed by atoms with Crippen molar-refractivity contribution in [1.82, 2.24) is 10.2 Å². The Labute approximate surface area is 184 Å². The molecule has 160 valence electrons. The maximum atomic E-state index is 12.6. The van der Waals surface area contributed by atoms with E-state index >= 15 is 0 Å². The highest BCUT2D eigenvalue weighted by molar-refractivity contribution is 5.94. The maximum absolute atomic E-state index is 12.6. The molecule has 1 fully saturated rings. The lowest BCUT2D eigenvalue weighted by Crippen LogP contribution is -2.46. The number of para-hydroxylation sites is 1. The van der Waals surface area contributed by atoms with Crippen molar-refractivity contribution in [3.8, 4) is 5.75 Å². The molecule has 1 N–H and O–H groups in total. The van der Waals surface area contributed by atoms with E-state index in [9.17, 15) is 4.79 Å². The van der Waals surface area contributed by atoms with Crippen molar-refractivity contribution in [1.29, 1.82) is 0 Å². The number of nitrogens with one attached hydrogen (secondary N) is 1. The van der Waals surface area contributed by atoms with Crippen molar-refractivity contribution < 1.29 is 9.53 Å². The summed E-state index contributed by atoms with van der Waals surface area (Å²) in [6.45, 7) is 5.51. The van der Waals surface area contributed by atoms with E-state index in [1.807, 2.05) is 18.2 Å². The van der Waals surface area contributed by atoms with Crippen LogP contribution in [0.2, 0.25) is 0 Å². The molecule has 31 heavy (non-hydrogen) atoms. The second-order valence-corrected chi connectivity index (χ2v) is 7.78. The smallest absolute Gasteiger partial charge is 0.251 e. The first-order valence-electron chi connectivity index (χ1n) is 10.7.